The number of nitrogens with one attached hydrogen (secondary N) is 2. The predicted molar refractivity (Wildman–Crippen MR) is 107 cm³/mol. The van der Waals surface area contributed by atoms with Gasteiger partial charge < -0.3 is 10.1 Å². The minimum atomic E-state index is -0.444. The number of aromatic nitrogens is 3. The number of guanidine groups is 1. The number of benzene rings is 1. The van der Waals surface area contributed by atoms with Gasteiger partial charge in [0.1, 0.15) is 11.9 Å². The molecule has 0 fully saturated rings. The van der Waals surface area contributed by atoms with Gasteiger partial charge in [0, 0.05) is 29.7 Å². The SMILES string of the molecule is COc1ccc(CN=C2Nc3nc(C)cc(=O)n3[C@@H](c3cccnc3)N2)cc1. The number of pyridine rings is 1. The molecule has 2 N–H and O–H groups in total. The number of aliphatic imine (C=N–C) groups is 1. The molecule has 1 aromatic carbocycles. The van der Waals surface area contributed by atoms with Gasteiger partial charge in [0.05, 0.1) is 13.7 Å². The minimum absolute atomic E-state index is 0.148. The molecule has 0 bridgehead atoms. The van der Waals surface area contributed by atoms with Crippen LogP contribution in [0.15, 0.2) is 64.6 Å². The summed E-state index contributed by atoms with van der Waals surface area (Å²) in [7, 11) is 1.64. The zero-order valence-corrected chi connectivity index (χ0v) is 15.6. The van der Waals surface area contributed by atoms with Crippen LogP contribution >= 0.6 is 0 Å². The number of methoxy groups -OCH3 is 1. The van der Waals surface area contributed by atoms with Crippen LogP contribution in [0.3, 0.4) is 0 Å². The van der Waals surface area contributed by atoms with Crippen molar-refractivity contribution in [3.05, 3.63) is 82.0 Å². The number of rotatable bonds is 4. The zero-order valence-electron chi connectivity index (χ0n) is 15.6. The molecule has 0 saturated heterocycles. The summed E-state index contributed by atoms with van der Waals surface area (Å²) in [5, 5.41) is 6.39. The van der Waals surface area contributed by atoms with Crippen molar-refractivity contribution in [2.24, 2.45) is 4.99 Å². The third-order valence-corrected chi connectivity index (χ3v) is 4.42. The Hall–Kier alpha value is -3.68. The summed E-state index contributed by atoms with van der Waals surface area (Å²) in [4.78, 5) is 25.8. The van der Waals surface area contributed by atoms with Gasteiger partial charge in [0.15, 0.2) is 5.96 Å². The molecule has 142 valence electrons. The summed E-state index contributed by atoms with van der Waals surface area (Å²) in [5.41, 5.74) is 2.38. The second-order valence-electron chi connectivity index (χ2n) is 6.40. The number of hydrogen-bond donors (Lipinski definition) is 2. The molecule has 28 heavy (non-hydrogen) atoms. The highest BCUT2D eigenvalue weighted by Crippen LogP contribution is 2.21. The molecule has 0 radical (unpaired) electrons. The van der Waals surface area contributed by atoms with Gasteiger partial charge in [-0.2, -0.15) is 0 Å². The molecule has 1 atom stereocenters. The van der Waals surface area contributed by atoms with Crippen LogP contribution in [-0.4, -0.2) is 27.6 Å². The molecule has 0 aliphatic carbocycles. The van der Waals surface area contributed by atoms with Gasteiger partial charge in [-0.05, 0) is 30.7 Å². The summed E-state index contributed by atoms with van der Waals surface area (Å²) in [6.07, 6.45) is 2.97. The van der Waals surface area contributed by atoms with Crippen LogP contribution in [-0.2, 0) is 6.54 Å². The molecule has 0 amide bonds. The minimum Gasteiger partial charge on any atom is -0.497 e. The monoisotopic (exact) mass is 376 g/mol. The summed E-state index contributed by atoms with van der Waals surface area (Å²) < 4.78 is 6.75. The quantitative estimate of drug-likeness (QED) is 0.724. The number of hydrogen-bond acceptors (Lipinski definition) is 5. The average molecular weight is 376 g/mol. The van der Waals surface area contributed by atoms with Gasteiger partial charge >= 0.3 is 0 Å². The van der Waals surface area contributed by atoms with Crippen molar-refractivity contribution in [1.82, 2.24) is 19.9 Å². The van der Waals surface area contributed by atoms with Crippen LogP contribution in [0.25, 0.3) is 0 Å². The van der Waals surface area contributed by atoms with E-state index in [0.717, 1.165) is 16.9 Å². The lowest BCUT2D eigenvalue weighted by Crippen LogP contribution is -2.48. The Bertz CT molecular complexity index is 1060. The molecule has 3 heterocycles. The average Bonchev–Trinajstić information content (AvgIpc) is 2.72. The Morgan fingerprint density at radius 3 is 2.79 bits per heavy atom. The van der Waals surface area contributed by atoms with Crippen LogP contribution in [0, 0.1) is 6.92 Å². The van der Waals surface area contributed by atoms with Crippen molar-refractivity contribution < 1.29 is 4.74 Å². The van der Waals surface area contributed by atoms with Crippen molar-refractivity contribution in [2.75, 3.05) is 12.4 Å². The molecule has 0 saturated carbocycles. The number of ether oxygens (including phenoxy) is 1. The van der Waals surface area contributed by atoms with Crippen molar-refractivity contribution in [2.45, 2.75) is 19.6 Å². The van der Waals surface area contributed by atoms with E-state index >= 15 is 0 Å². The Morgan fingerprint density at radius 1 is 1.25 bits per heavy atom. The lowest BCUT2D eigenvalue weighted by molar-refractivity contribution is 0.414. The fourth-order valence-corrected chi connectivity index (χ4v) is 3.04. The fourth-order valence-electron chi connectivity index (χ4n) is 3.04. The van der Waals surface area contributed by atoms with Gasteiger partial charge in [-0.25, -0.2) is 9.98 Å². The fraction of sp³-hybridized carbons (Fsp3) is 0.200. The summed E-state index contributed by atoms with van der Waals surface area (Å²) in [6.45, 7) is 2.26. The first-order valence-corrected chi connectivity index (χ1v) is 8.85. The van der Waals surface area contributed by atoms with E-state index in [-0.39, 0.29) is 5.56 Å². The lowest BCUT2D eigenvalue weighted by Gasteiger charge is -2.30. The molecule has 0 unspecified atom stereocenters. The van der Waals surface area contributed by atoms with Crippen LogP contribution in [0.2, 0.25) is 0 Å². The number of nitrogens with zero attached hydrogens (tertiary/aromatic N) is 4. The second kappa shape index (κ2) is 7.51. The number of aryl methyl sites for hydroxylation is 1. The van der Waals surface area contributed by atoms with Crippen LogP contribution in [0.4, 0.5) is 5.95 Å². The molecule has 0 spiro atoms. The molecular formula is C20H20N6O2. The molecular weight excluding hydrogens is 356 g/mol. The Labute approximate surface area is 162 Å². The van der Waals surface area contributed by atoms with Crippen molar-refractivity contribution in [3.63, 3.8) is 0 Å². The van der Waals surface area contributed by atoms with E-state index in [9.17, 15) is 4.79 Å². The van der Waals surface area contributed by atoms with Crippen molar-refractivity contribution in [3.8, 4) is 5.75 Å². The Balaban J connectivity index is 1.67. The zero-order chi connectivity index (χ0) is 19.5. The third kappa shape index (κ3) is 3.57. The molecule has 8 heteroatoms. The van der Waals surface area contributed by atoms with E-state index in [2.05, 4.69) is 25.6 Å². The highest BCUT2D eigenvalue weighted by Gasteiger charge is 2.26. The highest BCUT2D eigenvalue weighted by atomic mass is 16.5. The predicted octanol–water partition coefficient (Wildman–Crippen LogP) is 2.07. The standard InChI is InChI=1S/C20H20N6O2/c1-13-10-17(27)26-18(15-4-3-9-21-12-15)24-19(25-20(26)23-13)22-11-14-5-7-16(28-2)8-6-14/h3-10,12,18H,11H2,1-2H3,(H2,22,23,24,25)/t18-/m0/s1. The summed E-state index contributed by atoms with van der Waals surface area (Å²) in [5.74, 6) is 1.79. The van der Waals surface area contributed by atoms with Crippen molar-refractivity contribution in [1.29, 1.82) is 0 Å². The van der Waals surface area contributed by atoms with E-state index in [4.69, 9.17) is 4.74 Å². The number of anilines is 1. The van der Waals surface area contributed by atoms with E-state index < -0.39 is 6.17 Å². The summed E-state index contributed by atoms with van der Waals surface area (Å²) in [6, 6.07) is 13.0. The van der Waals surface area contributed by atoms with E-state index in [1.54, 1.807) is 31.0 Å². The van der Waals surface area contributed by atoms with E-state index in [1.165, 1.54) is 6.07 Å². The molecule has 4 rings (SSSR count). The molecule has 3 aromatic rings. The first kappa shape index (κ1) is 17.7. The molecule has 1 aliphatic rings. The highest BCUT2D eigenvalue weighted by molar-refractivity contribution is 5.93. The maximum atomic E-state index is 12.6. The van der Waals surface area contributed by atoms with Gasteiger partial charge in [-0.15, -0.1) is 0 Å². The normalized spacial score (nSPS) is 16.8. The van der Waals surface area contributed by atoms with Crippen molar-refractivity contribution >= 4 is 11.9 Å². The van der Waals surface area contributed by atoms with Gasteiger partial charge in [-0.1, -0.05) is 18.2 Å². The van der Waals surface area contributed by atoms with Crippen LogP contribution in [0.5, 0.6) is 5.75 Å². The van der Waals surface area contributed by atoms with Crippen LogP contribution in [0.1, 0.15) is 23.0 Å². The Morgan fingerprint density at radius 2 is 2.07 bits per heavy atom. The van der Waals surface area contributed by atoms with Gasteiger partial charge in [0.25, 0.3) is 5.56 Å². The topological polar surface area (TPSA) is 93.4 Å². The van der Waals surface area contributed by atoms with Crippen LogP contribution < -0.4 is 20.9 Å². The third-order valence-electron chi connectivity index (χ3n) is 4.42. The first-order valence-electron chi connectivity index (χ1n) is 8.85. The van der Waals surface area contributed by atoms with Gasteiger partial charge in [0.2, 0.25) is 5.95 Å². The van der Waals surface area contributed by atoms with E-state index in [0.29, 0.717) is 24.1 Å². The maximum Gasteiger partial charge on any atom is 0.257 e. The first-order chi connectivity index (χ1) is 13.6. The smallest absolute Gasteiger partial charge is 0.257 e. The molecule has 8 nitrogen and oxygen atoms in total. The Kier molecular flexibility index (Phi) is 4.76. The second-order valence-corrected chi connectivity index (χ2v) is 6.40. The number of fused-ring (bicyclic) bond motifs is 1. The van der Waals surface area contributed by atoms with Gasteiger partial charge in [-0.3, -0.25) is 19.7 Å². The summed E-state index contributed by atoms with van der Waals surface area (Å²) >= 11 is 0. The van der Waals surface area contributed by atoms with E-state index in [1.807, 2.05) is 36.4 Å². The molecule has 2 aromatic heterocycles. The molecule has 1 aliphatic heterocycles. The maximum absolute atomic E-state index is 12.6. The largest absolute Gasteiger partial charge is 0.497 e. The lowest BCUT2D eigenvalue weighted by atomic mass is 10.2.